The van der Waals surface area contributed by atoms with Crippen LogP contribution < -0.4 is 42.6 Å². The van der Waals surface area contributed by atoms with Gasteiger partial charge >= 0.3 is 0 Å². The normalized spacial score (nSPS) is 14.8. The second kappa shape index (κ2) is 12.2. The third-order valence-corrected chi connectivity index (χ3v) is 7.04. The van der Waals surface area contributed by atoms with Crippen LogP contribution in [-0.4, -0.2) is 69.8 Å². The van der Waals surface area contributed by atoms with Crippen LogP contribution in [0, 0.1) is 0 Å². The van der Waals surface area contributed by atoms with Crippen molar-refractivity contribution in [1.29, 1.82) is 0 Å². The molecule has 4 rings (SSSR count). The van der Waals surface area contributed by atoms with Crippen LogP contribution in [0.15, 0.2) is 35.9 Å². The van der Waals surface area contributed by atoms with E-state index in [9.17, 15) is 4.79 Å². The third kappa shape index (κ3) is 4.79. The zero-order valence-electron chi connectivity index (χ0n) is 24.6. The fraction of sp³-hybridized carbons (Fsp3) is 0.323. The predicted octanol–water partition coefficient (Wildman–Crippen LogP) is 5.18. The largest absolute Gasteiger partial charge is 0.493 e. The Hall–Kier alpha value is -4.73. The maximum atomic E-state index is 14.2. The van der Waals surface area contributed by atoms with E-state index in [1.165, 1.54) is 56.9 Å². The number of fused-ring (bicyclic) bond motifs is 1. The van der Waals surface area contributed by atoms with Gasteiger partial charge in [-0.1, -0.05) is 0 Å². The molecule has 0 radical (unpaired) electrons. The molecule has 0 aliphatic heterocycles. The highest BCUT2D eigenvalue weighted by molar-refractivity contribution is 6.18. The number of Topliss-reactive ketones (excluding diaryl/α,β-unsaturated/α-hetero) is 1. The average molecular weight is 567 g/mol. The topological polar surface area (TPSA) is 100 Å². The second-order valence-electron chi connectivity index (χ2n) is 8.85. The SMILES string of the molecule is COc1cc(C2/C(=C/c3ccc(OC)c(OC)c3OC)C(=O)c3cc(OC)c(OC)c(OC)c32)cc(OC)c1OC. The van der Waals surface area contributed by atoms with E-state index >= 15 is 0 Å². The molecular formula is C31H34O10. The first-order valence-corrected chi connectivity index (χ1v) is 12.6. The molecule has 0 fully saturated rings. The molecule has 1 aliphatic carbocycles. The lowest BCUT2D eigenvalue weighted by atomic mass is 9.87. The van der Waals surface area contributed by atoms with Gasteiger partial charge in [0.1, 0.15) is 0 Å². The van der Waals surface area contributed by atoms with Gasteiger partial charge in [0.15, 0.2) is 40.3 Å². The second-order valence-corrected chi connectivity index (χ2v) is 8.85. The average Bonchev–Trinajstić information content (AvgIpc) is 3.28. The molecule has 0 saturated heterocycles. The van der Waals surface area contributed by atoms with E-state index in [1.807, 2.05) is 12.1 Å². The Balaban J connectivity index is 2.11. The summed E-state index contributed by atoms with van der Waals surface area (Å²) in [6, 6.07) is 8.83. The first-order valence-electron chi connectivity index (χ1n) is 12.6. The highest BCUT2D eigenvalue weighted by Gasteiger charge is 2.42. The maximum absolute atomic E-state index is 14.2. The van der Waals surface area contributed by atoms with Gasteiger partial charge in [-0.3, -0.25) is 4.79 Å². The summed E-state index contributed by atoms with van der Waals surface area (Å²) in [5, 5.41) is 0. The number of allylic oxidation sites excluding steroid dienone is 1. The molecule has 3 aromatic carbocycles. The summed E-state index contributed by atoms with van der Waals surface area (Å²) in [6.07, 6.45) is 1.77. The van der Waals surface area contributed by atoms with Gasteiger partial charge < -0.3 is 42.6 Å². The van der Waals surface area contributed by atoms with Crippen LogP contribution in [0.2, 0.25) is 0 Å². The van der Waals surface area contributed by atoms with Crippen LogP contribution in [0.25, 0.3) is 6.08 Å². The monoisotopic (exact) mass is 566 g/mol. The van der Waals surface area contributed by atoms with Crippen molar-refractivity contribution >= 4 is 11.9 Å². The first kappa shape index (κ1) is 29.3. The molecule has 0 saturated carbocycles. The van der Waals surface area contributed by atoms with Crippen LogP contribution in [0.5, 0.6) is 51.7 Å². The Morgan fingerprint density at radius 1 is 0.537 bits per heavy atom. The summed E-state index contributed by atoms with van der Waals surface area (Å²) in [5.41, 5.74) is 2.76. The number of carbonyl (C=O) groups excluding carboxylic acids is 1. The fourth-order valence-electron chi connectivity index (χ4n) is 5.26. The van der Waals surface area contributed by atoms with Crippen LogP contribution in [0.3, 0.4) is 0 Å². The minimum atomic E-state index is -0.626. The van der Waals surface area contributed by atoms with E-state index in [4.69, 9.17) is 42.6 Å². The molecular weight excluding hydrogens is 532 g/mol. The number of hydrogen-bond donors (Lipinski definition) is 0. The number of methoxy groups -OCH3 is 9. The van der Waals surface area contributed by atoms with E-state index < -0.39 is 5.92 Å². The molecule has 3 aromatic rings. The van der Waals surface area contributed by atoms with Crippen molar-refractivity contribution in [3.63, 3.8) is 0 Å². The van der Waals surface area contributed by atoms with Gasteiger partial charge in [0.2, 0.25) is 17.2 Å². The van der Waals surface area contributed by atoms with E-state index in [0.717, 1.165) is 0 Å². The zero-order chi connectivity index (χ0) is 29.8. The molecule has 0 amide bonds. The van der Waals surface area contributed by atoms with Crippen molar-refractivity contribution in [2.45, 2.75) is 5.92 Å². The van der Waals surface area contributed by atoms with Gasteiger partial charge in [0.05, 0.1) is 64.0 Å². The van der Waals surface area contributed by atoms with E-state index in [2.05, 4.69) is 0 Å². The Morgan fingerprint density at radius 2 is 1.02 bits per heavy atom. The Kier molecular flexibility index (Phi) is 8.71. The van der Waals surface area contributed by atoms with Gasteiger partial charge in [-0.05, 0) is 42.0 Å². The minimum Gasteiger partial charge on any atom is -0.493 e. The highest BCUT2D eigenvalue weighted by atomic mass is 16.5. The van der Waals surface area contributed by atoms with Gasteiger partial charge in [-0.2, -0.15) is 0 Å². The summed E-state index contributed by atoms with van der Waals surface area (Å²) in [6.45, 7) is 0. The van der Waals surface area contributed by atoms with Gasteiger partial charge in [-0.15, -0.1) is 0 Å². The summed E-state index contributed by atoms with van der Waals surface area (Å²) >= 11 is 0. The Morgan fingerprint density at radius 3 is 1.51 bits per heavy atom. The quantitative estimate of drug-likeness (QED) is 0.289. The maximum Gasteiger partial charge on any atom is 0.203 e. The van der Waals surface area contributed by atoms with Crippen LogP contribution in [-0.2, 0) is 0 Å². The summed E-state index contributed by atoms with van der Waals surface area (Å²) < 4.78 is 50.7. The predicted molar refractivity (Wildman–Crippen MR) is 152 cm³/mol. The molecule has 218 valence electrons. The van der Waals surface area contributed by atoms with Crippen LogP contribution >= 0.6 is 0 Å². The number of benzene rings is 3. The summed E-state index contributed by atoms with van der Waals surface area (Å²) in [5.74, 6) is 2.85. The van der Waals surface area contributed by atoms with Gasteiger partial charge in [-0.25, -0.2) is 0 Å². The molecule has 1 atom stereocenters. The number of hydrogen-bond acceptors (Lipinski definition) is 10. The molecule has 1 aliphatic rings. The highest BCUT2D eigenvalue weighted by Crippen LogP contribution is 2.55. The van der Waals surface area contributed by atoms with Gasteiger partial charge in [0.25, 0.3) is 0 Å². The smallest absolute Gasteiger partial charge is 0.203 e. The lowest BCUT2D eigenvalue weighted by molar-refractivity contribution is 0.103. The fourth-order valence-corrected chi connectivity index (χ4v) is 5.26. The van der Waals surface area contributed by atoms with Crippen molar-refractivity contribution < 1.29 is 47.4 Å². The summed E-state index contributed by atoms with van der Waals surface area (Å²) in [7, 11) is 13.7. The van der Waals surface area contributed by atoms with E-state index in [-0.39, 0.29) is 5.78 Å². The van der Waals surface area contributed by atoms with E-state index in [0.29, 0.717) is 79.6 Å². The van der Waals surface area contributed by atoms with Crippen molar-refractivity contribution in [3.8, 4) is 51.7 Å². The van der Waals surface area contributed by atoms with Crippen LogP contribution in [0.1, 0.15) is 33.0 Å². The lowest BCUT2D eigenvalue weighted by Crippen LogP contribution is -2.06. The zero-order valence-corrected chi connectivity index (χ0v) is 24.6. The first-order chi connectivity index (χ1) is 19.9. The van der Waals surface area contributed by atoms with E-state index in [1.54, 1.807) is 31.4 Å². The molecule has 10 nitrogen and oxygen atoms in total. The molecule has 0 spiro atoms. The molecule has 1 unspecified atom stereocenters. The molecule has 0 heterocycles. The Labute approximate surface area is 239 Å². The number of ketones is 1. The van der Waals surface area contributed by atoms with Crippen molar-refractivity contribution in [2.24, 2.45) is 0 Å². The Bertz CT molecular complexity index is 1470. The van der Waals surface area contributed by atoms with Crippen molar-refractivity contribution in [1.82, 2.24) is 0 Å². The van der Waals surface area contributed by atoms with Gasteiger partial charge in [0, 0.05) is 28.2 Å². The molecule has 10 heteroatoms. The molecule has 0 aromatic heterocycles. The molecule has 0 N–H and O–H groups in total. The van der Waals surface area contributed by atoms with Crippen molar-refractivity contribution in [3.05, 3.63) is 58.2 Å². The number of ether oxygens (including phenoxy) is 9. The van der Waals surface area contributed by atoms with Crippen LogP contribution in [0.4, 0.5) is 0 Å². The van der Waals surface area contributed by atoms with Crippen molar-refractivity contribution in [2.75, 3.05) is 64.0 Å². The number of carbonyl (C=O) groups is 1. The molecule has 41 heavy (non-hydrogen) atoms. The number of rotatable bonds is 11. The molecule has 0 bridgehead atoms. The standard InChI is InChI=1S/C31H34O10/c1-33-20-11-10-16(27(37-5)29(20)39-7)12-18-24(17-13-21(34-2)28(38-6)22(14-17)35-3)25-19(26(18)32)15-23(36-4)30(40-8)31(25)41-9/h10-15,24H,1-9H3/b18-12-. The summed E-state index contributed by atoms with van der Waals surface area (Å²) in [4.78, 5) is 14.2. The minimum absolute atomic E-state index is 0.227. The lowest BCUT2D eigenvalue weighted by Gasteiger charge is -2.22. The third-order valence-electron chi connectivity index (χ3n) is 7.04.